The highest BCUT2D eigenvalue weighted by atomic mass is 16.6. The van der Waals surface area contributed by atoms with E-state index >= 15 is 0 Å². The molecule has 2 aromatic rings. The summed E-state index contributed by atoms with van der Waals surface area (Å²) in [6.45, 7) is 0.224. The van der Waals surface area contributed by atoms with Crippen molar-refractivity contribution in [2.45, 2.75) is 6.54 Å². The predicted octanol–water partition coefficient (Wildman–Crippen LogP) is 1.20. The molecule has 0 bridgehead atoms. The fourth-order valence-electron chi connectivity index (χ4n) is 1.45. The van der Waals surface area contributed by atoms with E-state index in [1.807, 2.05) is 0 Å². The normalized spacial score (nSPS) is 10.1. The van der Waals surface area contributed by atoms with Crippen LogP contribution in [0.1, 0.15) is 5.56 Å². The Hall–Kier alpha value is -2.50. The van der Waals surface area contributed by atoms with Crippen molar-refractivity contribution in [1.29, 1.82) is 0 Å². The third-order valence-electron chi connectivity index (χ3n) is 2.24. The quantitative estimate of drug-likeness (QED) is 0.587. The topological polar surface area (TPSA) is 78.0 Å². The minimum atomic E-state index is -0.468. The van der Waals surface area contributed by atoms with Crippen molar-refractivity contribution < 1.29 is 4.92 Å². The van der Waals surface area contributed by atoms with Gasteiger partial charge in [0.2, 0.25) is 0 Å². The van der Waals surface area contributed by atoms with Crippen molar-refractivity contribution in [2.24, 2.45) is 0 Å². The summed E-state index contributed by atoms with van der Waals surface area (Å²) < 4.78 is 1.25. The van der Waals surface area contributed by atoms with Gasteiger partial charge in [-0.1, -0.05) is 12.1 Å². The SMILES string of the molecule is O=c1cccnn1Cc1cccc([N+](=O)[O-])c1. The van der Waals surface area contributed by atoms with Gasteiger partial charge in [-0.15, -0.1) is 0 Å². The van der Waals surface area contributed by atoms with Crippen molar-refractivity contribution in [3.63, 3.8) is 0 Å². The molecule has 0 aliphatic heterocycles. The Morgan fingerprint density at radius 3 is 2.82 bits per heavy atom. The molecule has 0 radical (unpaired) electrons. The summed E-state index contributed by atoms with van der Waals surface area (Å²) in [6.07, 6.45) is 1.50. The van der Waals surface area contributed by atoms with E-state index in [1.165, 1.54) is 29.1 Å². The first-order chi connectivity index (χ1) is 8.16. The molecule has 17 heavy (non-hydrogen) atoms. The zero-order valence-electron chi connectivity index (χ0n) is 8.81. The summed E-state index contributed by atoms with van der Waals surface area (Å²) in [4.78, 5) is 21.5. The minimum absolute atomic E-state index is 0.00600. The maximum atomic E-state index is 11.4. The molecule has 0 N–H and O–H groups in total. The van der Waals surface area contributed by atoms with Crippen molar-refractivity contribution in [2.75, 3.05) is 0 Å². The zero-order valence-corrected chi connectivity index (χ0v) is 8.81. The van der Waals surface area contributed by atoms with Gasteiger partial charge in [-0.05, 0) is 11.6 Å². The molecule has 6 heteroatoms. The van der Waals surface area contributed by atoms with Crippen LogP contribution in [0.3, 0.4) is 0 Å². The Labute approximate surface area is 96.3 Å². The number of nitro benzene ring substituents is 1. The van der Waals surface area contributed by atoms with Crippen LogP contribution >= 0.6 is 0 Å². The van der Waals surface area contributed by atoms with Crippen LogP contribution in [0, 0.1) is 10.1 Å². The summed E-state index contributed by atoms with van der Waals surface area (Å²) in [5, 5.41) is 14.5. The zero-order chi connectivity index (χ0) is 12.3. The number of hydrogen-bond acceptors (Lipinski definition) is 4. The highest BCUT2D eigenvalue weighted by molar-refractivity contribution is 5.34. The fraction of sp³-hybridized carbons (Fsp3) is 0.0909. The van der Waals surface area contributed by atoms with Crippen LogP contribution in [-0.4, -0.2) is 14.7 Å². The first kappa shape index (κ1) is 11.0. The molecule has 0 aliphatic rings. The van der Waals surface area contributed by atoms with E-state index in [2.05, 4.69) is 5.10 Å². The van der Waals surface area contributed by atoms with Gasteiger partial charge in [-0.3, -0.25) is 14.9 Å². The van der Waals surface area contributed by atoms with E-state index in [1.54, 1.807) is 18.2 Å². The van der Waals surface area contributed by atoms with E-state index in [0.717, 1.165) is 0 Å². The monoisotopic (exact) mass is 231 g/mol. The molecule has 1 heterocycles. The standard InChI is InChI=1S/C11H9N3O3/c15-11-5-2-6-12-13(11)8-9-3-1-4-10(7-9)14(16)17/h1-7H,8H2. The number of rotatable bonds is 3. The molecule has 0 aliphatic carbocycles. The first-order valence-corrected chi connectivity index (χ1v) is 4.92. The van der Waals surface area contributed by atoms with Crippen molar-refractivity contribution in [3.05, 3.63) is 68.6 Å². The Morgan fingerprint density at radius 2 is 2.12 bits per heavy atom. The molecule has 86 valence electrons. The molecule has 0 amide bonds. The van der Waals surface area contributed by atoms with Crippen LogP contribution in [0.2, 0.25) is 0 Å². The van der Waals surface area contributed by atoms with Crippen molar-refractivity contribution >= 4 is 5.69 Å². The molecule has 1 aromatic carbocycles. The lowest BCUT2D eigenvalue weighted by Crippen LogP contribution is -2.21. The highest BCUT2D eigenvalue weighted by Gasteiger charge is 2.06. The van der Waals surface area contributed by atoms with Gasteiger partial charge in [-0.2, -0.15) is 5.10 Å². The van der Waals surface area contributed by atoms with Crippen LogP contribution in [0.15, 0.2) is 47.4 Å². The molecule has 0 unspecified atom stereocenters. The predicted molar refractivity (Wildman–Crippen MR) is 60.7 cm³/mol. The average molecular weight is 231 g/mol. The number of nitrogens with zero attached hydrogens (tertiary/aromatic N) is 3. The Balaban J connectivity index is 2.31. The third kappa shape index (κ3) is 2.54. The maximum absolute atomic E-state index is 11.4. The van der Waals surface area contributed by atoms with Gasteiger partial charge in [0, 0.05) is 24.4 Å². The molecular formula is C11H9N3O3. The lowest BCUT2D eigenvalue weighted by molar-refractivity contribution is -0.384. The summed E-state index contributed by atoms with van der Waals surface area (Å²) in [5.74, 6) is 0. The van der Waals surface area contributed by atoms with E-state index in [9.17, 15) is 14.9 Å². The second kappa shape index (κ2) is 4.56. The first-order valence-electron chi connectivity index (χ1n) is 4.92. The Bertz CT molecular complexity index is 607. The summed E-state index contributed by atoms with van der Waals surface area (Å²) in [5.41, 5.74) is 0.436. The molecule has 2 rings (SSSR count). The van der Waals surface area contributed by atoms with Gasteiger partial charge < -0.3 is 0 Å². The van der Waals surface area contributed by atoms with Gasteiger partial charge in [-0.25, -0.2) is 4.68 Å². The largest absolute Gasteiger partial charge is 0.269 e. The number of nitro groups is 1. The van der Waals surface area contributed by atoms with Crippen LogP contribution in [0.4, 0.5) is 5.69 Å². The molecule has 6 nitrogen and oxygen atoms in total. The lowest BCUT2D eigenvalue weighted by atomic mass is 10.2. The van der Waals surface area contributed by atoms with E-state index in [-0.39, 0.29) is 17.8 Å². The molecule has 0 fully saturated rings. The van der Waals surface area contributed by atoms with E-state index in [0.29, 0.717) is 5.56 Å². The number of aromatic nitrogens is 2. The maximum Gasteiger partial charge on any atom is 0.269 e. The van der Waals surface area contributed by atoms with Crippen LogP contribution < -0.4 is 5.56 Å². The minimum Gasteiger partial charge on any atom is -0.268 e. The molecule has 0 atom stereocenters. The molecule has 0 spiro atoms. The number of non-ortho nitro benzene ring substituents is 1. The smallest absolute Gasteiger partial charge is 0.268 e. The van der Waals surface area contributed by atoms with E-state index < -0.39 is 4.92 Å². The Kier molecular flexibility index (Phi) is 2.95. The van der Waals surface area contributed by atoms with Gasteiger partial charge in [0.25, 0.3) is 11.2 Å². The summed E-state index contributed by atoms with van der Waals surface area (Å²) in [7, 11) is 0. The van der Waals surface area contributed by atoms with Crippen LogP contribution in [0.5, 0.6) is 0 Å². The average Bonchev–Trinajstić information content (AvgIpc) is 2.32. The van der Waals surface area contributed by atoms with Crippen molar-refractivity contribution in [1.82, 2.24) is 9.78 Å². The number of hydrogen-bond donors (Lipinski definition) is 0. The second-order valence-corrected chi connectivity index (χ2v) is 3.45. The van der Waals surface area contributed by atoms with Crippen LogP contribution in [-0.2, 0) is 6.54 Å². The molecular weight excluding hydrogens is 222 g/mol. The third-order valence-corrected chi connectivity index (χ3v) is 2.24. The van der Waals surface area contributed by atoms with Gasteiger partial charge >= 0.3 is 0 Å². The van der Waals surface area contributed by atoms with Gasteiger partial charge in [0.1, 0.15) is 0 Å². The molecule has 0 saturated heterocycles. The second-order valence-electron chi connectivity index (χ2n) is 3.45. The fourth-order valence-corrected chi connectivity index (χ4v) is 1.45. The van der Waals surface area contributed by atoms with Gasteiger partial charge in [0.05, 0.1) is 11.5 Å². The summed E-state index contributed by atoms with van der Waals surface area (Å²) in [6, 6.07) is 9.08. The Morgan fingerprint density at radius 1 is 1.29 bits per heavy atom. The van der Waals surface area contributed by atoms with Crippen LogP contribution in [0.25, 0.3) is 0 Å². The summed E-state index contributed by atoms with van der Waals surface area (Å²) >= 11 is 0. The lowest BCUT2D eigenvalue weighted by Gasteiger charge is -2.03. The molecule has 1 aromatic heterocycles. The van der Waals surface area contributed by atoms with Gasteiger partial charge in [0.15, 0.2) is 0 Å². The molecule has 0 saturated carbocycles. The number of benzene rings is 1. The van der Waals surface area contributed by atoms with Crippen molar-refractivity contribution in [3.8, 4) is 0 Å². The highest BCUT2D eigenvalue weighted by Crippen LogP contribution is 2.13. The van der Waals surface area contributed by atoms with E-state index in [4.69, 9.17) is 0 Å².